The van der Waals surface area contributed by atoms with E-state index in [1.54, 1.807) is 13.0 Å². The SMILES string of the molecule is CCCn1c(NC(=O)Cn2c(C)cc(C(=O)OCC)c2C)nc2ccccc21. The zero-order valence-electron chi connectivity index (χ0n) is 16.8. The third kappa shape index (κ3) is 3.78. The summed E-state index contributed by atoms with van der Waals surface area (Å²) in [4.78, 5) is 29.4. The molecule has 0 atom stereocenters. The van der Waals surface area contributed by atoms with Gasteiger partial charge in [0.05, 0.1) is 23.2 Å². The van der Waals surface area contributed by atoms with Crippen LogP contribution in [-0.2, 0) is 22.6 Å². The number of hydrogen-bond donors (Lipinski definition) is 1. The maximum absolute atomic E-state index is 12.7. The van der Waals surface area contributed by atoms with Gasteiger partial charge >= 0.3 is 5.97 Å². The summed E-state index contributed by atoms with van der Waals surface area (Å²) in [7, 11) is 0. The molecule has 2 heterocycles. The van der Waals surface area contributed by atoms with Gasteiger partial charge in [-0.05, 0) is 45.4 Å². The zero-order valence-corrected chi connectivity index (χ0v) is 16.8. The van der Waals surface area contributed by atoms with Crippen LogP contribution in [0.4, 0.5) is 5.95 Å². The van der Waals surface area contributed by atoms with Gasteiger partial charge in [0.1, 0.15) is 6.54 Å². The molecule has 148 valence electrons. The highest BCUT2D eigenvalue weighted by molar-refractivity contribution is 5.93. The van der Waals surface area contributed by atoms with E-state index < -0.39 is 0 Å². The van der Waals surface area contributed by atoms with E-state index in [1.807, 2.05) is 47.2 Å². The Labute approximate surface area is 164 Å². The number of aromatic nitrogens is 3. The van der Waals surface area contributed by atoms with Crippen molar-refractivity contribution in [3.8, 4) is 0 Å². The zero-order chi connectivity index (χ0) is 20.3. The highest BCUT2D eigenvalue weighted by Gasteiger charge is 2.19. The average Bonchev–Trinajstić information content (AvgIpc) is 3.14. The third-order valence-corrected chi connectivity index (χ3v) is 4.72. The first-order chi connectivity index (χ1) is 13.5. The Balaban J connectivity index is 1.83. The molecule has 0 aliphatic heterocycles. The normalized spacial score (nSPS) is 11.0. The van der Waals surface area contributed by atoms with Crippen LogP contribution in [0, 0.1) is 13.8 Å². The highest BCUT2D eigenvalue weighted by atomic mass is 16.5. The van der Waals surface area contributed by atoms with Crippen molar-refractivity contribution in [1.82, 2.24) is 14.1 Å². The number of fused-ring (bicyclic) bond motifs is 1. The molecule has 0 saturated heterocycles. The molecule has 0 unspecified atom stereocenters. The molecule has 0 spiro atoms. The van der Waals surface area contributed by atoms with Crippen LogP contribution in [-0.4, -0.2) is 32.6 Å². The standard InChI is InChI=1S/C21H26N4O3/c1-5-11-24-18-10-8-7-9-17(18)22-21(24)23-19(26)13-25-14(3)12-16(15(25)4)20(27)28-6-2/h7-10,12H,5-6,11,13H2,1-4H3,(H,22,23,26). The predicted molar refractivity (Wildman–Crippen MR) is 109 cm³/mol. The molecule has 0 aliphatic rings. The summed E-state index contributed by atoms with van der Waals surface area (Å²) in [5.41, 5.74) is 3.89. The lowest BCUT2D eigenvalue weighted by Crippen LogP contribution is -2.22. The molecular formula is C21H26N4O3. The van der Waals surface area contributed by atoms with Gasteiger partial charge in [-0.2, -0.15) is 0 Å². The summed E-state index contributed by atoms with van der Waals surface area (Å²) in [6.07, 6.45) is 0.932. The van der Waals surface area contributed by atoms with E-state index in [9.17, 15) is 9.59 Å². The van der Waals surface area contributed by atoms with Crippen LogP contribution in [0.2, 0.25) is 0 Å². The number of nitrogens with zero attached hydrogens (tertiary/aromatic N) is 3. The van der Waals surface area contributed by atoms with Crippen molar-refractivity contribution in [3.63, 3.8) is 0 Å². The maximum atomic E-state index is 12.7. The molecule has 0 aliphatic carbocycles. The van der Waals surface area contributed by atoms with Gasteiger partial charge in [-0.25, -0.2) is 9.78 Å². The summed E-state index contributed by atoms with van der Waals surface area (Å²) in [5.74, 6) is -0.0157. The maximum Gasteiger partial charge on any atom is 0.339 e. The smallest absolute Gasteiger partial charge is 0.339 e. The number of anilines is 1. The van der Waals surface area contributed by atoms with Gasteiger partial charge in [0.25, 0.3) is 0 Å². The van der Waals surface area contributed by atoms with Crippen LogP contribution >= 0.6 is 0 Å². The number of benzene rings is 1. The quantitative estimate of drug-likeness (QED) is 0.632. The fourth-order valence-corrected chi connectivity index (χ4v) is 3.39. The second-order valence-corrected chi connectivity index (χ2v) is 6.72. The second-order valence-electron chi connectivity index (χ2n) is 6.72. The van der Waals surface area contributed by atoms with Crippen LogP contribution in [0.25, 0.3) is 11.0 Å². The number of imidazole rings is 1. The van der Waals surface area contributed by atoms with E-state index in [0.29, 0.717) is 23.8 Å². The van der Waals surface area contributed by atoms with Crippen molar-refractivity contribution in [2.45, 2.75) is 47.2 Å². The van der Waals surface area contributed by atoms with E-state index in [0.717, 1.165) is 29.7 Å². The first kappa shape index (κ1) is 19.7. The highest BCUT2D eigenvalue weighted by Crippen LogP contribution is 2.21. The fraction of sp³-hybridized carbons (Fsp3) is 0.381. The molecule has 3 aromatic rings. The van der Waals surface area contributed by atoms with Gasteiger partial charge in [-0.3, -0.25) is 10.1 Å². The van der Waals surface area contributed by atoms with Gasteiger partial charge in [-0.15, -0.1) is 0 Å². The Morgan fingerprint density at radius 3 is 2.61 bits per heavy atom. The number of nitrogens with one attached hydrogen (secondary N) is 1. The summed E-state index contributed by atoms with van der Waals surface area (Å²) >= 11 is 0. The first-order valence-corrected chi connectivity index (χ1v) is 9.55. The summed E-state index contributed by atoms with van der Waals surface area (Å²) < 4.78 is 8.92. The van der Waals surface area contributed by atoms with E-state index >= 15 is 0 Å². The topological polar surface area (TPSA) is 78.2 Å². The molecule has 0 bridgehead atoms. The molecule has 3 rings (SSSR count). The molecule has 0 radical (unpaired) electrons. The minimum absolute atomic E-state index is 0.104. The minimum atomic E-state index is -0.369. The Hall–Kier alpha value is -3.09. The summed E-state index contributed by atoms with van der Waals surface area (Å²) in [6, 6.07) is 9.58. The van der Waals surface area contributed by atoms with Crippen molar-refractivity contribution in [2.75, 3.05) is 11.9 Å². The lowest BCUT2D eigenvalue weighted by atomic mass is 10.2. The molecule has 28 heavy (non-hydrogen) atoms. The Bertz CT molecular complexity index is 1020. The minimum Gasteiger partial charge on any atom is -0.462 e. The number of aryl methyl sites for hydroxylation is 2. The van der Waals surface area contributed by atoms with Gasteiger partial charge in [0.15, 0.2) is 0 Å². The number of hydrogen-bond acceptors (Lipinski definition) is 4. The lowest BCUT2D eigenvalue weighted by Gasteiger charge is -2.12. The number of carbonyl (C=O) groups excluding carboxylic acids is 2. The number of amides is 1. The Kier molecular flexibility index (Phi) is 5.82. The van der Waals surface area contributed by atoms with Crippen LogP contribution in [0.3, 0.4) is 0 Å². The van der Waals surface area contributed by atoms with Crippen LogP contribution in [0.15, 0.2) is 30.3 Å². The van der Waals surface area contributed by atoms with Crippen molar-refractivity contribution in [3.05, 3.63) is 47.3 Å². The summed E-state index contributed by atoms with van der Waals surface area (Å²) in [5, 5.41) is 2.93. The summed E-state index contributed by atoms with van der Waals surface area (Å²) in [6.45, 7) is 8.73. The Morgan fingerprint density at radius 1 is 1.14 bits per heavy atom. The van der Waals surface area contributed by atoms with Gasteiger partial charge in [-0.1, -0.05) is 19.1 Å². The molecule has 1 N–H and O–H groups in total. The number of ether oxygens (including phenoxy) is 1. The van der Waals surface area contributed by atoms with Crippen molar-refractivity contribution < 1.29 is 14.3 Å². The van der Waals surface area contributed by atoms with Gasteiger partial charge in [0, 0.05) is 17.9 Å². The molecule has 0 fully saturated rings. The molecular weight excluding hydrogens is 356 g/mol. The second kappa shape index (κ2) is 8.29. The molecule has 2 aromatic heterocycles. The van der Waals surface area contributed by atoms with Crippen molar-refractivity contribution >= 4 is 28.9 Å². The molecule has 1 aromatic carbocycles. The van der Waals surface area contributed by atoms with Crippen molar-refractivity contribution in [2.24, 2.45) is 0 Å². The van der Waals surface area contributed by atoms with Crippen LogP contribution < -0.4 is 5.32 Å². The van der Waals surface area contributed by atoms with Crippen LogP contribution in [0.1, 0.15) is 42.0 Å². The molecule has 0 saturated carbocycles. The van der Waals surface area contributed by atoms with Crippen LogP contribution in [0.5, 0.6) is 0 Å². The largest absolute Gasteiger partial charge is 0.462 e. The lowest BCUT2D eigenvalue weighted by molar-refractivity contribution is -0.116. The van der Waals surface area contributed by atoms with E-state index in [-0.39, 0.29) is 18.4 Å². The third-order valence-electron chi connectivity index (χ3n) is 4.72. The molecule has 7 nitrogen and oxygen atoms in total. The predicted octanol–water partition coefficient (Wildman–Crippen LogP) is 3.68. The van der Waals surface area contributed by atoms with E-state index in [1.165, 1.54) is 0 Å². The van der Waals surface area contributed by atoms with Gasteiger partial charge < -0.3 is 13.9 Å². The number of para-hydroxylation sites is 2. The van der Waals surface area contributed by atoms with E-state index in [2.05, 4.69) is 17.2 Å². The number of rotatable bonds is 7. The number of carbonyl (C=O) groups is 2. The molecule has 1 amide bonds. The monoisotopic (exact) mass is 382 g/mol. The van der Waals surface area contributed by atoms with E-state index in [4.69, 9.17) is 4.74 Å². The van der Waals surface area contributed by atoms with Gasteiger partial charge in [0.2, 0.25) is 11.9 Å². The Morgan fingerprint density at radius 2 is 1.89 bits per heavy atom. The fourth-order valence-electron chi connectivity index (χ4n) is 3.39. The number of esters is 1. The molecule has 7 heteroatoms. The average molecular weight is 382 g/mol. The first-order valence-electron chi connectivity index (χ1n) is 9.55. The van der Waals surface area contributed by atoms with Crippen molar-refractivity contribution in [1.29, 1.82) is 0 Å².